The van der Waals surface area contributed by atoms with Gasteiger partial charge in [-0.2, -0.15) is 0 Å². The Morgan fingerprint density at radius 3 is 2.35 bits per heavy atom. The number of esters is 1. The number of rotatable bonds is 8. The maximum Gasteiger partial charge on any atom is 0.306 e. The molecule has 0 atom stereocenters. The van der Waals surface area contributed by atoms with E-state index in [9.17, 15) is 14.4 Å². The molecule has 2 aromatic rings. The first-order chi connectivity index (χ1) is 12.3. The van der Waals surface area contributed by atoms with Gasteiger partial charge < -0.3 is 15.0 Å². The maximum absolute atomic E-state index is 11.9. The lowest BCUT2D eigenvalue weighted by atomic mass is 10.2. The zero-order valence-electron chi connectivity index (χ0n) is 14.5. The predicted octanol–water partition coefficient (Wildman–Crippen LogP) is 3.61. The predicted molar refractivity (Wildman–Crippen MR) is 103 cm³/mol. The van der Waals surface area contributed by atoms with E-state index in [4.69, 9.17) is 16.3 Å². The minimum atomic E-state index is -0.598. The molecule has 1 aromatic carbocycles. The third-order valence-corrected chi connectivity index (χ3v) is 4.71. The molecule has 0 unspecified atom stereocenters. The molecule has 0 spiro atoms. The smallest absolute Gasteiger partial charge is 0.306 e. The first-order valence-corrected chi connectivity index (χ1v) is 9.06. The standard InChI is InChI=1S/C18H19ClN2O4S/c1-21(2)13-5-3-12(4-6-13)20-17(23)11-25-18(24)10-7-14(22)15-8-9-16(19)26-15/h3-6,8-9H,7,10-11H2,1-2H3,(H,20,23). The van der Waals surface area contributed by atoms with Crippen LogP contribution in [-0.4, -0.2) is 38.4 Å². The Morgan fingerprint density at radius 1 is 1.08 bits per heavy atom. The molecule has 0 fully saturated rings. The van der Waals surface area contributed by atoms with Crippen molar-refractivity contribution in [2.75, 3.05) is 30.9 Å². The minimum absolute atomic E-state index is 0.0172. The molecule has 6 nitrogen and oxygen atoms in total. The van der Waals surface area contributed by atoms with Crippen LogP contribution in [0.4, 0.5) is 11.4 Å². The highest BCUT2D eigenvalue weighted by molar-refractivity contribution is 7.18. The lowest BCUT2D eigenvalue weighted by Gasteiger charge is -2.13. The maximum atomic E-state index is 11.9. The summed E-state index contributed by atoms with van der Waals surface area (Å²) in [5.74, 6) is -1.21. The number of nitrogens with one attached hydrogen (secondary N) is 1. The first kappa shape index (κ1) is 19.9. The van der Waals surface area contributed by atoms with Crippen molar-refractivity contribution in [3.63, 3.8) is 0 Å². The molecule has 0 aliphatic heterocycles. The molecule has 138 valence electrons. The molecule has 0 saturated carbocycles. The Bertz CT molecular complexity index is 787. The first-order valence-electron chi connectivity index (χ1n) is 7.86. The van der Waals surface area contributed by atoms with Crippen molar-refractivity contribution in [2.45, 2.75) is 12.8 Å². The van der Waals surface area contributed by atoms with E-state index in [0.29, 0.717) is 14.9 Å². The van der Waals surface area contributed by atoms with Crippen LogP contribution in [0.5, 0.6) is 0 Å². The Kier molecular flexibility index (Phi) is 7.17. The number of carbonyl (C=O) groups excluding carboxylic acids is 3. The summed E-state index contributed by atoms with van der Waals surface area (Å²) in [7, 11) is 3.84. The number of amides is 1. The van der Waals surface area contributed by atoms with Gasteiger partial charge in [-0.1, -0.05) is 11.6 Å². The number of hydrogen-bond donors (Lipinski definition) is 1. The summed E-state index contributed by atoms with van der Waals surface area (Å²) in [5, 5.41) is 2.64. The Balaban J connectivity index is 1.71. The lowest BCUT2D eigenvalue weighted by molar-refractivity contribution is -0.147. The van der Waals surface area contributed by atoms with E-state index < -0.39 is 18.5 Å². The number of Topliss-reactive ketones (excluding diaryl/α,β-unsaturated/α-hetero) is 1. The monoisotopic (exact) mass is 394 g/mol. The van der Waals surface area contributed by atoms with Crippen molar-refractivity contribution in [3.8, 4) is 0 Å². The molecule has 0 bridgehead atoms. The van der Waals surface area contributed by atoms with E-state index in [0.717, 1.165) is 5.69 Å². The molecule has 1 aromatic heterocycles. The van der Waals surface area contributed by atoms with E-state index in [1.807, 2.05) is 31.1 Å². The second-order valence-corrected chi connectivity index (χ2v) is 7.39. The molecule has 1 N–H and O–H groups in total. The number of hydrogen-bond acceptors (Lipinski definition) is 6. The van der Waals surface area contributed by atoms with Gasteiger partial charge in [0.15, 0.2) is 12.4 Å². The van der Waals surface area contributed by atoms with Crippen LogP contribution in [0.3, 0.4) is 0 Å². The largest absolute Gasteiger partial charge is 0.456 e. The number of halogens is 1. The van der Waals surface area contributed by atoms with E-state index in [1.165, 1.54) is 11.3 Å². The molecule has 1 amide bonds. The third kappa shape index (κ3) is 6.16. The molecule has 8 heteroatoms. The zero-order valence-corrected chi connectivity index (χ0v) is 16.0. The lowest BCUT2D eigenvalue weighted by Crippen LogP contribution is -2.21. The molecule has 2 rings (SSSR count). The quantitative estimate of drug-likeness (QED) is 0.546. The Labute approximate surface area is 160 Å². The van der Waals surface area contributed by atoms with Gasteiger partial charge in [0.05, 0.1) is 15.6 Å². The Hall–Kier alpha value is -2.38. The van der Waals surface area contributed by atoms with Crippen LogP contribution in [0.25, 0.3) is 0 Å². The van der Waals surface area contributed by atoms with Gasteiger partial charge in [0, 0.05) is 31.9 Å². The van der Waals surface area contributed by atoms with Crippen LogP contribution in [0.1, 0.15) is 22.5 Å². The second kappa shape index (κ2) is 9.35. The van der Waals surface area contributed by atoms with Gasteiger partial charge in [0.2, 0.25) is 0 Å². The van der Waals surface area contributed by atoms with Gasteiger partial charge in [0.1, 0.15) is 0 Å². The summed E-state index contributed by atoms with van der Waals surface area (Å²) < 4.78 is 5.42. The number of ether oxygens (including phenoxy) is 1. The number of thiophene rings is 1. The van der Waals surface area contributed by atoms with E-state index in [2.05, 4.69) is 5.32 Å². The fourth-order valence-corrected chi connectivity index (χ4v) is 3.07. The van der Waals surface area contributed by atoms with Gasteiger partial charge in [-0.3, -0.25) is 14.4 Å². The van der Waals surface area contributed by atoms with Crippen molar-refractivity contribution in [3.05, 3.63) is 45.6 Å². The van der Waals surface area contributed by atoms with Gasteiger partial charge in [-0.25, -0.2) is 0 Å². The van der Waals surface area contributed by atoms with Crippen molar-refractivity contribution in [1.82, 2.24) is 0 Å². The highest BCUT2D eigenvalue weighted by Gasteiger charge is 2.13. The minimum Gasteiger partial charge on any atom is -0.456 e. The number of benzene rings is 1. The third-order valence-electron chi connectivity index (χ3n) is 3.44. The molecular formula is C18H19ClN2O4S. The molecule has 0 radical (unpaired) electrons. The van der Waals surface area contributed by atoms with Crippen LogP contribution in [0, 0.1) is 0 Å². The summed E-state index contributed by atoms with van der Waals surface area (Å²) >= 11 is 6.94. The Morgan fingerprint density at radius 2 is 1.77 bits per heavy atom. The van der Waals surface area contributed by atoms with Crippen LogP contribution in [0.15, 0.2) is 36.4 Å². The molecule has 0 aliphatic carbocycles. The van der Waals surface area contributed by atoms with Crippen LogP contribution < -0.4 is 10.2 Å². The summed E-state index contributed by atoms with van der Waals surface area (Å²) in [6.07, 6.45) is -0.0670. The van der Waals surface area contributed by atoms with Crippen molar-refractivity contribution < 1.29 is 19.1 Å². The second-order valence-electron chi connectivity index (χ2n) is 5.68. The van der Waals surface area contributed by atoms with Crippen LogP contribution >= 0.6 is 22.9 Å². The van der Waals surface area contributed by atoms with Gasteiger partial charge in [-0.15, -0.1) is 11.3 Å². The summed E-state index contributed by atoms with van der Waals surface area (Å²) in [6.45, 7) is -0.396. The summed E-state index contributed by atoms with van der Waals surface area (Å²) in [6, 6.07) is 10.5. The highest BCUT2D eigenvalue weighted by Crippen LogP contribution is 2.23. The van der Waals surface area contributed by atoms with Crippen molar-refractivity contribution >= 4 is 52.0 Å². The average molecular weight is 395 g/mol. The molecule has 1 heterocycles. The average Bonchev–Trinajstić information content (AvgIpc) is 3.05. The number of carbonyl (C=O) groups is 3. The van der Waals surface area contributed by atoms with Crippen LogP contribution in [-0.2, 0) is 14.3 Å². The van der Waals surface area contributed by atoms with Crippen molar-refractivity contribution in [1.29, 1.82) is 0 Å². The molecule has 26 heavy (non-hydrogen) atoms. The van der Waals surface area contributed by atoms with E-state index in [1.54, 1.807) is 24.3 Å². The number of nitrogens with zero attached hydrogens (tertiary/aromatic N) is 1. The normalized spacial score (nSPS) is 10.3. The van der Waals surface area contributed by atoms with Gasteiger partial charge in [-0.05, 0) is 36.4 Å². The summed E-state index contributed by atoms with van der Waals surface area (Å²) in [4.78, 5) is 37.8. The van der Waals surface area contributed by atoms with E-state index in [-0.39, 0.29) is 18.6 Å². The van der Waals surface area contributed by atoms with Crippen LogP contribution in [0.2, 0.25) is 4.34 Å². The van der Waals surface area contributed by atoms with Gasteiger partial charge >= 0.3 is 5.97 Å². The number of ketones is 1. The zero-order chi connectivity index (χ0) is 19.1. The topological polar surface area (TPSA) is 75.7 Å². The summed E-state index contributed by atoms with van der Waals surface area (Å²) in [5.41, 5.74) is 1.62. The van der Waals surface area contributed by atoms with Crippen molar-refractivity contribution in [2.24, 2.45) is 0 Å². The fourth-order valence-electron chi connectivity index (χ4n) is 2.06. The molecular weight excluding hydrogens is 376 g/mol. The van der Waals surface area contributed by atoms with E-state index >= 15 is 0 Å². The molecule has 0 aliphatic rings. The SMILES string of the molecule is CN(C)c1ccc(NC(=O)COC(=O)CCC(=O)c2ccc(Cl)s2)cc1. The van der Waals surface area contributed by atoms with Gasteiger partial charge in [0.25, 0.3) is 5.91 Å². The molecule has 0 saturated heterocycles. The fraction of sp³-hybridized carbons (Fsp3) is 0.278. The highest BCUT2D eigenvalue weighted by atomic mass is 35.5. The number of anilines is 2.